The van der Waals surface area contributed by atoms with Gasteiger partial charge in [-0.25, -0.2) is 0 Å². The number of alkyl halides is 3. The number of nitro groups is 1. The third-order valence-electron chi connectivity index (χ3n) is 2.99. The van der Waals surface area contributed by atoms with Crippen LogP contribution in [0.1, 0.15) is 11.1 Å². The zero-order valence-corrected chi connectivity index (χ0v) is 11.2. The first kappa shape index (κ1) is 16.0. The molecule has 1 N–H and O–H groups in total. The van der Waals surface area contributed by atoms with Crippen molar-refractivity contribution in [3.05, 3.63) is 57.8 Å². The van der Waals surface area contributed by atoms with Crippen LogP contribution in [0.2, 0.25) is 0 Å². The molecule has 9 heteroatoms. The predicted molar refractivity (Wildman–Crippen MR) is 70.0 cm³/mol. The first-order valence-electron chi connectivity index (χ1n) is 6.28. The quantitative estimate of drug-likeness (QED) is 0.678. The molecule has 0 radical (unpaired) electrons. The Morgan fingerprint density at radius 3 is 2.59 bits per heavy atom. The zero-order chi connectivity index (χ0) is 16.3. The molecular weight excluding hydrogens is 303 g/mol. The molecule has 0 aliphatic rings. The Kier molecular flexibility index (Phi) is 4.45. The molecule has 2 rings (SSSR count). The van der Waals surface area contributed by atoms with Gasteiger partial charge in [-0.2, -0.15) is 17.9 Å². The van der Waals surface area contributed by atoms with Crippen molar-refractivity contribution in [3.8, 4) is 0 Å². The molecule has 0 saturated heterocycles. The van der Waals surface area contributed by atoms with Crippen molar-refractivity contribution in [2.75, 3.05) is 0 Å². The number of rotatable bonds is 5. The second-order valence-electron chi connectivity index (χ2n) is 4.67. The van der Waals surface area contributed by atoms with Crippen LogP contribution in [0, 0.1) is 10.1 Å². The van der Waals surface area contributed by atoms with Crippen LogP contribution < -0.4 is 0 Å². The maximum Gasteiger partial charge on any atom is 0.416 e. The first-order chi connectivity index (χ1) is 10.3. The van der Waals surface area contributed by atoms with Crippen molar-refractivity contribution in [2.45, 2.75) is 25.2 Å². The minimum Gasteiger partial charge on any atom is -0.391 e. The lowest BCUT2D eigenvalue weighted by molar-refractivity contribution is -0.389. The number of aliphatic hydroxyl groups is 1. The molecule has 0 fully saturated rings. The van der Waals surface area contributed by atoms with Crippen LogP contribution in [0.3, 0.4) is 0 Å². The van der Waals surface area contributed by atoms with Crippen molar-refractivity contribution in [1.82, 2.24) is 9.78 Å². The third-order valence-corrected chi connectivity index (χ3v) is 2.99. The molecule has 0 saturated carbocycles. The molecule has 1 unspecified atom stereocenters. The van der Waals surface area contributed by atoms with E-state index >= 15 is 0 Å². The van der Waals surface area contributed by atoms with Gasteiger partial charge in [0, 0.05) is 6.42 Å². The van der Waals surface area contributed by atoms with E-state index in [-0.39, 0.29) is 24.3 Å². The Bertz CT molecular complexity index is 670. The highest BCUT2D eigenvalue weighted by Crippen LogP contribution is 2.32. The lowest BCUT2D eigenvalue weighted by Crippen LogP contribution is -2.21. The van der Waals surface area contributed by atoms with Gasteiger partial charge in [-0.1, -0.05) is 18.2 Å². The largest absolute Gasteiger partial charge is 0.416 e. The molecule has 0 spiro atoms. The summed E-state index contributed by atoms with van der Waals surface area (Å²) in [7, 11) is 0. The van der Waals surface area contributed by atoms with Crippen molar-refractivity contribution in [1.29, 1.82) is 0 Å². The zero-order valence-electron chi connectivity index (χ0n) is 11.2. The van der Waals surface area contributed by atoms with Crippen molar-refractivity contribution >= 4 is 5.82 Å². The van der Waals surface area contributed by atoms with Gasteiger partial charge in [-0.05, 0) is 16.6 Å². The van der Waals surface area contributed by atoms with E-state index in [1.165, 1.54) is 24.4 Å². The van der Waals surface area contributed by atoms with Gasteiger partial charge in [-0.3, -0.25) is 0 Å². The minimum absolute atomic E-state index is 0.0378. The van der Waals surface area contributed by atoms with Gasteiger partial charge < -0.3 is 15.2 Å². The summed E-state index contributed by atoms with van der Waals surface area (Å²) >= 11 is 0. The molecule has 0 amide bonds. The molecule has 1 aromatic heterocycles. The number of hydrogen-bond donors (Lipinski definition) is 1. The molecule has 1 heterocycles. The number of aliphatic hydroxyl groups excluding tert-OH is 1. The molecule has 2 aromatic rings. The van der Waals surface area contributed by atoms with Gasteiger partial charge in [0.25, 0.3) is 0 Å². The third kappa shape index (κ3) is 3.82. The summed E-state index contributed by atoms with van der Waals surface area (Å²) in [4.78, 5) is 9.80. The van der Waals surface area contributed by atoms with E-state index in [1.54, 1.807) is 0 Å². The fraction of sp³-hybridized carbons (Fsp3) is 0.308. The highest BCUT2D eigenvalue weighted by molar-refractivity contribution is 5.30. The van der Waals surface area contributed by atoms with Crippen LogP contribution in [-0.2, 0) is 19.1 Å². The predicted octanol–water partition coefficient (Wildman–Crippen LogP) is 2.41. The Balaban J connectivity index is 2.09. The molecule has 1 aromatic carbocycles. The second kappa shape index (κ2) is 6.14. The molecule has 0 bridgehead atoms. The highest BCUT2D eigenvalue weighted by Gasteiger charge is 2.33. The summed E-state index contributed by atoms with van der Waals surface area (Å²) in [5.74, 6) is -0.386. The Morgan fingerprint density at radius 2 is 2.00 bits per heavy atom. The lowest BCUT2D eigenvalue weighted by atomic mass is 10.0. The molecule has 0 aliphatic heterocycles. The van der Waals surface area contributed by atoms with Gasteiger partial charge in [-0.15, -0.1) is 0 Å². The SMILES string of the molecule is O=[N+]([O-])c1ccn(CC(O)Cc2ccccc2C(F)(F)F)n1. The normalized spacial score (nSPS) is 13.1. The van der Waals surface area contributed by atoms with Gasteiger partial charge >= 0.3 is 12.0 Å². The number of hydrogen-bond acceptors (Lipinski definition) is 4. The van der Waals surface area contributed by atoms with Crippen LogP contribution in [0.15, 0.2) is 36.5 Å². The topological polar surface area (TPSA) is 81.2 Å². The second-order valence-corrected chi connectivity index (χ2v) is 4.67. The highest BCUT2D eigenvalue weighted by atomic mass is 19.4. The van der Waals surface area contributed by atoms with Gasteiger partial charge in [0.15, 0.2) is 0 Å². The fourth-order valence-corrected chi connectivity index (χ4v) is 2.06. The van der Waals surface area contributed by atoms with Crippen molar-refractivity contribution in [2.24, 2.45) is 0 Å². The van der Waals surface area contributed by atoms with Crippen molar-refractivity contribution in [3.63, 3.8) is 0 Å². The Hall–Kier alpha value is -2.42. The fourth-order valence-electron chi connectivity index (χ4n) is 2.06. The summed E-state index contributed by atoms with van der Waals surface area (Å²) in [5, 5.41) is 24.0. The lowest BCUT2D eigenvalue weighted by Gasteiger charge is -2.15. The molecule has 0 aliphatic carbocycles. The number of aromatic nitrogens is 2. The molecule has 118 valence electrons. The maximum absolute atomic E-state index is 12.8. The van der Waals surface area contributed by atoms with Gasteiger partial charge in [0.1, 0.15) is 0 Å². The minimum atomic E-state index is -4.50. The summed E-state index contributed by atoms with van der Waals surface area (Å²) in [6, 6.07) is 6.11. The molecule has 22 heavy (non-hydrogen) atoms. The van der Waals surface area contributed by atoms with Crippen molar-refractivity contribution < 1.29 is 23.2 Å². The average Bonchev–Trinajstić information content (AvgIpc) is 2.86. The van der Waals surface area contributed by atoms with Crippen LogP contribution in [0.25, 0.3) is 0 Å². The average molecular weight is 315 g/mol. The van der Waals surface area contributed by atoms with E-state index in [1.807, 2.05) is 0 Å². The van der Waals surface area contributed by atoms with Crippen LogP contribution >= 0.6 is 0 Å². The number of nitrogens with zero attached hydrogens (tertiary/aromatic N) is 3. The van der Waals surface area contributed by atoms with Crippen LogP contribution in [0.4, 0.5) is 19.0 Å². The summed E-state index contributed by atoms with van der Waals surface area (Å²) < 4.78 is 39.7. The van der Waals surface area contributed by atoms with E-state index in [0.29, 0.717) is 0 Å². The maximum atomic E-state index is 12.8. The number of halogens is 3. The van der Waals surface area contributed by atoms with E-state index in [9.17, 15) is 28.4 Å². The first-order valence-corrected chi connectivity index (χ1v) is 6.28. The van der Waals surface area contributed by atoms with E-state index in [2.05, 4.69) is 5.10 Å². The van der Waals surface area contributed by atoms with Crippen LogP contribution in [-0.4, -0.2) is 25.9 Å². The standard InChI is InChI=1S/C13H12F3N3O3/c14-13(15,16)11-4-2-1-3-9(11)7-10(20)8-18-6-5-12(17-18)19(21)22/h1-6,10,20H,7-8H2. The van der Waals surface area contributed by atoms with E-state index in [0.717, 1.165) is 16.8 Å². The monoisotopic (exact) mass is 315 g/mol. The van der Waals surface area contributed by atoms with Gasteiger partial charge in [0.05, 0.1) is 35.6 Å². The van der Waals surface area contributed by atoms with E-state index in [4.69, 9.17) is 0 Å². The smallest absolute Gasteiger partial charge is 0.391 e. The van der Waals surface area contributed by atoms with Gasteiger partial charge in [0.2, 0.25) is 0 Å². The van der Waals surface area contributed by atoms with E-state index < -0.39 is 22.8 Å². The summed E-state index contributed by atoms with van der Waals surface area (Å²) in [5.41, 5.74) is -0.843. The Labute approximate surface area is 122 Å². The Morgan fingerprint density at radius 1 is 1.32 bits per heavy atom. The summed E-state index contributed by atoms with van der Waals surface area (Å²) in [6.07, 6.45) is -4.59. The molecular formula is C13H12F3N3O3. The number of benzene rings is 1. The molecule has 6 nitrogen and oxygen atoms in total. The van der Waals surface area contributed by atoms with Crippen LogP contribution in [0.5, 0.6) is 0 Å². The molecule has 1 atom stereocenters. The summed E-state index contributed by atoms with van der Waals surface area (Å²) in [6.45, 7) is -0.139.